The zero-order valence-corrected chi connectivity index (χ0v) is 31.4. The van der Waals surface area contributed by atoms with Crippen molar-refractivity contribution in [2.24, 2.45) is 0 Å². The van der Waals surface area contributed by atoms with E-state index < -0.39 is 0 Å². The second kappa shape index (κ2) is 12.9. The molecule has 9 aromatic carbocycles. The van der Waals surface area contributed by atoms with Gasteiger partial charge in [0.05, 0.1) is 33.3 Å². The molecule has 0 radical (unpaired) electrons. The van der Waals surface area contributed by atoms with Crippen LogP contribution < -0.4 is 0 Å². The summed E-state index contributed by atoms with van der Waals surface area (Å²) in [6, 6.07) is 73.8. The Labute approximate surface area is 334 Å². The molecular weight excluding hydrogens is 705 g/mol. The summed E-state index contributed by atoms with van der Waals surface area (Å²) in [7, 11) is 0. The summed E-state index contributed by atoms with van der Waals surface area (Å²) in [5.74, 6) is 0.704. The Morgan fingerprint density at radius 2 is 0.948 bits per heavy atom. The largest absolute Gasteiger partial charge is 0.309 e. The van der Waals surface area contributed by atoms with Crippen molar-refractivity contribution in [2.75, 3.05) is 0 Å². The number of aromatic nitrogens is 4. The highest BCUT2D eigenvalue weighted by Gasteiger charge is 2.22. The molecule has 0 bridgehead atoms. The van der Waals surface area contributed by atoms with Crippen LogP contribution in [-0.4, -0.2) is 19.1 Å². The zero-order chi connectivity index (χ0) is 38.2. The molecule has 0 aliphatic heterocycles. The smallest absolute Gasteiger partial charge is 0.160 e. The van der Waals surface area contributed by atoms with Crippen molar-refractivity contribution in [2.45, 2.75) is 0 Å². The van der Waals surface area contributed by atoms with E-state index in [4.69, 9.17) is 9.97 Å². The number of fused-ring (bicyclic) bond motifs is 10. The number of rotatable bonds is 5. The number of hydrogen-bond donors (Lipinski definition) is 0. The Bertz CT molecular complexity index is 3540. The van der Waals surface area contributed by atoms with Crippen LogP contribution in [0.2, 0.25) is 0 Å². The normalized spacial score (nSPS) is 11.8. The quantitative estimate of drug-likeness (QED) is 0.176. The van der Waals surface area contributed by atoms with Crippen molar-refractivity contribution < 1.29 is 0 Å². The number of benzene rings is 9. The summed E-state index contributed by atoms with van der Waals surface area (Å²) in [6.45, 7) is 0. The Hall–Kier alpha value is -7.82. The summed E-state index contributed by atoms with van der Waals surface area (Å²) in [5.41, 5.74) is 13.2. The molecule has 0 saturated heterocycles. The predicted octanol–water partition coefficient (Wildman–Crippen LogP) is 14.0. The molecule has 0 N–H and O–H groups in total. The predicted molar refractivity (Wildman–Crippen MR) is 242 cm³/mol. The molecule has 4 nitrogen and oxygen atoms in total. The van der Waals surface area contributed by atoms with Gasteiger partial charge in [-0.2, -0.15) is 0 Å². The summed E-state index contributed by atoms with van der Waals surface area (Å²) >= 11 is 0. The van der Waals surface area contributed by atoms with Crippen LogP contribution in [0.4, 0.5) is 0 Å². The Kier molecular flexibility index (Phi) is 7.20. The first-order chi connectivity index (χ1) is 28.8. The first kappa shape index (κ1) is 32.4. The van der Waals surface area contributed by atoms with E-state index in [1.807, 2.05) is 12.1 Å². The van der Waals surface area contributed by atoms with Crippen LogP contribution in [-0.2, 0) is 0 Å². The Balaban J connectivity index is 1.11. The summed E-state index contributed by atoms with van der Waals surface area (Å²) in [5, 5.41) is 8.45. The van der Waals surface area contributed by atoms with Crippen LogP contribution in [0.15, 0.2) is 206 Å². The maximum absolute atomic E-state index is 5.22. The van der Waals surface area contributed by atoms with Gasteiger partial charge in [0.1, 0.15) is 0 Å². The lowest BCUT2D eigenvalue weighted by Gasteiger charge is -2.12. The molecule has 0 atom stereocenters. The Morgan fingerprint density at radius 3 is 1.76 bits per heavy atom. The minimum atomic E-state index is 0.704. The van der Waals surface area contributed by atoms with Gasteiger partial charge in [0.15, 0.2) is 5.82 Å². The maximum atomic E-state index is 5.22. The highest BCUT2D eigenvalue weighted by molar-refractivity contribution is 6.31. The van der Waals surface area contributed by atoms with Crippen LogP contribution in [0.25, 0.3) is 110 Å². The fourth-order valence-electron chi connectivity index (χ4n) is 9.11. The molecule has 270 valence electrons. The zero-order valence-electron chi connectivity index (χ0n) is 31.4. The second-order valence-electron chi connectivity index (χ2n) is 15.0. The molecule has 4 heteroatoms. The summed E-state index contributed by atoms with van der Waals surface area (Å²) < 4.78 is 4.88. The molecule has 12 aromatic rings. The molecule has 0 unspecified atom stereocenters. The van der Waals surface area contributed by atoms with Crippen molar-refractivity contribution in [3.05, 3.63) is 206 Å². The van der Waals surface area contributed by atoms with E-state index in [-0.39, 0.29) is 0 Å². The Morgan fingerprint density at radius 1 is 0.328 bits per heavy atom. The SMILES string of the molecule is c1ccc(-c2ccc(-n3c4ccc5c(c6ccccc6n5-c5cccc(-c6nc(-c7ccccc7)c7ccccc7n6)c5)c4c4ccc5ccccc5c43)cc2)cc1. The first-order valence-electron chi connectivity index (χ1n) is 19.8. The molecule has 0 aliphatic rings. The van der Waals surface area contributed by atoms with Crippen LogP contribution in [0, 0.1) is 0 Å². The van der Waals surface area contributed by atoms with Crippen LogP contribution >= 0.6 is 0 Å². The van der Waals surface area contributed by atoms with Crippen molar-refractivity contribution in [1.29, 1.82) is 0 Å². The van der Waals surface area contributed by atoms with Gasteiger partial charge in [-0.25, -0.2) is 9.97 Å². The van der Waals surface area contributed by atoms with Crippen molar-refractivity contribution in [3.63, 3.8) is 0 Å². The lowest BCUT2D eigenvalue weighted by atomic mass is 10.0. The van der Waals surface area contributed by atoms with E-state index in [0.29, 0.717) is 5.82 Å². The van der Waals surface area contributed by atoms with Gasteiger partial charge in [0.2, 0.25) is 0 Å². The van der Waals surface area contributed by atoms with Gasteiger partial charge in [0, 0.05) is 54.8 Å². The lowest BCUT2D eigenvalue weighted by molar-refractivity contribution is 1.17. The van der Waals surface area contributed by atoms with Gasteiger partial charge in [-0.1, -0.05) is 158 Å². The highest BCUT2D eigenvalue weighted by atomic mass is 15.0. The number of para-hydroxylation sites is 2. The topological polar surface area (TPSA) is 35.6 Å². The van der Waals surface area contributed by atoms with Gasteiger partial charge in [-0.3, -0.25) is 0 Å². The maximum Gasteiger partial charge on any atom is 0.160 e. The first-order valence-corrected chi connectivity index (χ1v) is 19.8. The van der Waals surface area contributed by atoms with Gasteiger partial charge in [-0.05, 0) is 65.0 Å². The second-order valence-corrected chi connectivity index (χ2v) is 15.0. The number of nitrogens with zero attached hydrogens (tertiary/aromatic N) is 4. The molecule has 58 heavy (non-hydrogen) atoms. The molecule has 0 amide bonds. The monoisotopic (exact) mass is 738 g/mol. The van der Waals surface area contributed by atoms with Gasteiger partial charge in [-0.15, -0.1) is 0 Å². The molecule has 3 heterocycles. The lowest BCUT2D eigenvalue weighted by Crippen LogP contribution is -1.98. The van der Waals surface area contributed by atoms with E-state index in [9.17, 15) is 0 Å². The van der Waals surface area contributed by atoms with E-state index >= 15 is 0 Å². The summed E-state index contributed by atoms with van der Waals surface area (Å²) in [4.78, 5) is 10.3. The molecule has 0 spiro atoms. The van der Waals surface area contributed by atoms with E-state index in [1.54, 1.807) is 0 Å². The van der Waals surface area contributed by atoms with Crippen LogP contribution in [0.5, 0.6) is 0 Å². The van der Waals surface area contributed by atoms with Gasteiger partial charge >= 0.3 is 0 Å². The van der Waals surface area contributed by atoms with Crippen molar-refractivity contribution >= 4 is 65.3 Å². The molecular formula is C54H34N4. The molecule has 12 rings (SSSR count). The molecule has 3 aromatic heterocycles. The molecule has 0 fully saturated rings. The average molecular weight is 739 g/mol. The molecule has 0 aliphatic carbocycles. The van der Waals surface area contributed by atoms with Crippen LogP contribution in [0.1, 0.15) is 0 Å². The third kappa shape index (κ3) is 4.95. The standard InChI is InChI=1S/C54H34N4/c1-3-14-35(15-4-1)36-26-29-40(30-27-36)58-49-33-32-48-50(51(49)45-31-28-37-16-7-8-21-42(37)53(45)58)44-23-10-12-25-47(44)57(48)41-20-13-19-39(34-41)54-55-46-24-11-9-22-43(46)52(56-54)38-17-5-2-6-18-38/h1-34H. The van der Waals surface area contributed by atoms with E-state index in [2.05, 4.69) is 203 Å². The minimum Gasteiger partial charge on any atom is -0.309 e. The van der Waals surface area contributed by atoms with Gasteiger partial charge in [0.25, 0.3) is 0 Å². The highest BCUT2D eigenvalue weighted by Crippen LogP contribution is 2.44. The molecule has 0 saturated carbocycles. The minimum absolute atomic E-state index is 0.704. The number of hydrogen-bond acceptors (Lipinski definition) is 2. The fraction of sp³-hybridized carbons (Fsp3) is 0. The van der Waals surface area contributed by atoms with Gasteiger partial charge < -0.3 is 9.13 Å². The van der Waals surface area contributed by atoms with Crippen molar-refractivity contribution in [3.8, 4) is 45.1 Å². The fourth-order valence-corrected chi connectivity index (χ4v) is 9.11. The van der Waals surface area contributed by atoms with Crippen molar-refractivity contribution in [1.82, 2.24) is 19.1 Å². The third-order valence-electron chi connectivity index (χ3n) is 11.7. The van der Waals surface area contributed by atoms with E-state index in [1.165, 1.54) is 54.5 Å². The van der Waals surface area contributed by atoms with Crippen LogP contribution in [0.3, 0.4) is 0 Å². The summed E-state index contributed by atoms with van der Waals surface area (Å²) in [6.07, 6.45) is 0. The average Bonchev–Trinajstić information content (AvgIpc) is 3.82. The van der Waals surface area contributed by atoms with E-state index in [0.717, 1.165) is 50.1 Å². The third-order valence-corrected chi connectivity index (χ3v) is 11.7.